The SMILES string of the molecule is C.COCCNC(=O)Cc1c[nH]c2ccc(C)cc12.COCCNC(=O)Cc1c[nH]c2ccc(O)cc12. The van der Waals surface area contributed by atoms with E-state index in [2.05, 4.69) is 39.7 Å². The molecule has 5 N–H and O–H groups in total. The fourth-order valence-corrected chi connectivity index (χ4v) is 3.81. The first kappa shape index (κ1) is 29.4. The van der Waals surface area contributed by atoms with E-state index in [9.17, 15) is 14.7 Å². The van der Waals surface area contributed by atoms with E-state index >= 15 is 0 Å². The Labute approximate surface area is 217 Å². The minimum absolute atomic E-state index is 0. The Balaban J connectivity index is 0.000000253. The number of methoxy groups -OCH3 is 2. The van der Waals surface area contributed by atoms with E-state index in [0.717, 1.165) is 32.9 Å². The molecule has 37 heavy (non-hydrogen) atoms. The Morgan fingerprint density at radius 1 is 0.811 bits per heavy atom. The summed E-state index contributed by atoms with van der Waals surface area (Å²) in [5.74, 6) is 0.161. The molecule has 0 atom stereocenters. The van der Waals surface area contributed by atoms with E-state index in [0.29, 0.717) is 32.7 Å². The van der Waals surface area contributed by atoms with Crippen LogP contribution in [0.1, 0.15) is 24.1 Å². The lowest BCUT2D eigenvalue weighted by molar-refractivity contribution is -0.121. The van der Waals surface area contributed by atoms with E-state index < -0.39 is 0 Å². The van der Waals surface area contributed by atoms with Gasteiger partial charge in [0.25, 0.3) is 0 Å². The molecule has 9 heteroatoms. The second-order valence-corrected chi connectivity index (χ2v) is 8.45. The number of rotatable bonds is 10. The number of aromatic nitrogens is 2. The number of hydrogen-bond acceptors (Lipinski definition) is 5. The molecule has 0 unspecified atom stereocenters. The van der Waals surface area contributed by atoms with E-state index in [4.69, 9.17) is 9.47 Å². The van der Waals surface area contributed by atoms with Crippen molar-refractivity contribution >= 4 is 33.6 Å². The van der Waals surface area contributed by atoms with Crippen LogP contribution in [0.2, 0.25) is 0 Å². The van der Waals surface area contributed by atoms with E-state index in [1.165, 1.54) is 5.56 Å². The molecule has 0 saturated carbocycles. The monoisotopic (exact) mass is 510 g/mol. The number of carbonyl (C=O) groups is 2. The van der Waals surface area contributed by atoms with Crippen LogP contribution in [0.25, 0.3) is 21.8 Å². The Bertz CT molecular complexity index is 1190. The lowest BCUT2D eigenvalue weighted by atomic mass is 10.1. The van der Waals surface area contributed by atoms with Gasteiger partial charge in [0.05, 0.1) is 26.1 Å². The smallest absolute Gasteiger partial charge is 0.224 e. The zero-order valence-corrected chi connectivity index (χ0v) is 20.9. The zero-order valence-electron chi connectivity index (χ0n) is 20.9. The van der Waals surface area contributed by atoms with Crippen LogP contribution >= 0.6 is 0 Å². The summed E-state index contributed by atoms with van der Waals surface area (Å²) in [4.78, 5) is 29.7. The highest BCUT2D eigenvalue weighted by Gasteiger charge is 2.10. The summed E-state index contributed by atoms with van der Waals surface area (Å²) in [6.07, 6.45) is 4.38. The number of phenolic OH excluding ortho intramolecular Hbond substituents is 1. The zero-order chi connectivity index (χ0) is 25.9. The summed E-state index contributed by atoms with van der Waals surface area (Å²) < 4.78 is 9.75. The molecule has 0 fully saturated rings. The second kappa shape index (κ2) is 14.7. The van der Waals surface area contributed by atoms with Gasteiger partial charge in [-0.05, 0) is 48.4 Å². The maximum atomic E-state index is 11.7. The number of amides is 2. The molecule has 0 bridgehead atoms. The van der Waals surface area contributed by atoms with Gasteiger partial charge in [-0.15, -0.1) is 0 Å². The molecule has 4 rings (SSSR count). The fraction of sp³-hybridized carbons (Fsp3) is 0.357. The number of benzene rings is 2. The van der Waals surface area contributed by atoms with Crippen LogP contribution in [0.3, 0.4) is 0 Å². The predicted molar refractivity (Wildman–Crippen MR) is 147 cm³/mol. The van der Waals surface area contributed by atoms with Crippen molar-refractivity contribution in [3.63, 3.8) is 0 Å². The molecule has 2 aromatic heterocycles. The number of H-pyrrole nitrogens is 2. The summed E-state index contributed by atoms with van der Waals surface area (Å²) in [5.41, 5.74) is 5.08. The number of aryl methyl sites for hydroxylation is 1. The Morgan fingerprint density at radius 2 is 1.30 bits per heavy atom. The van der Waals surface area contributed by atoms with Gasteiger partial charge in [-0.3, -0.25) is 9.59 Å². The van der Waals surface area contributed by atoms with Gasteiger partial charge in [-0.25, -0.2) is 0 Å². The lowest BCUT2D eigenvalue weighted by Crippen LogP contribution is -2.28. The third-order valence-corrected chi connectivity index (χ3v) is 5.63. The average molecular weight is 511 g/mol. The molecule has 2 aromatic carbocycles. The number of phenols is 1. The number of hydrogen-bond donors (Lipinski definition) is 5. The van der Waals surface area contributed by atoms with Crippen LogP contribution in [-0.4, -0.2) is 67.4 Å². The predicted octanol–water partition coefficient (Wildman–Crippen LogP) is 3.60. The average Bonchev–Trinajstić information content (AvgIpc) is 3.43. The molecule has 4 aromatic rings. The summed E-state index contributed by atoms with van der Waals surface area (Å²) in [5, 5.41) is 17.0. The maximum absolute atomic E-state index is 11.7. The first-order valence-corrected chi connectivity index (χ1v) is 11.8. The van der Waals surface area contributed by atoms with Crippen LogP contribution < -0.4 is 10.6 Å². The van der Waals surface area contributed by atoms with Crippen molar-refractivity contribution in [3.05, 3.63) is 65.5 Å². The first-order chi connectivity index (χ1) is 17.4. The van der Waals surface area contributed by atoms with Gasteiger partial charge in [0.1, 0.15) is 5.75 Å². The van der Waals surface area contributed by atoms with E-state index in [-0.39, 0.29) is 31.4 Å². The minimum Gasteiger partial charge on any atom is -0.508 e. The molecular weight excluding hydrogens is 472 g/mol. The molecule has 0 aliphatic carbocycles. The summed E-state index contributed by atoms with van der Waals surface area (Å²) in [6, 6.07) is 11.3. The molecule has 0 aliphatic rings. The van der Waals surface area contributed by atoms with Crippen LogP contribution in [-0.2, 0) is 31.9 Å². The van der Waals surface area contributed by atoms with Crippen molar-refractivity contribution in [2.45, 2.75) is 27.2 Å². The van der Waals surface area contributed by atoms with Gasteiger partial charge in [0.15, 0.2) is 0 Å². The number of nitrogens with one attached hydrogen (secondary N) is 4. The number of fused-ring (bicyclic) bond motifs is 2. The highest BCUT2D eigenvalue weighted by atomic mass is 16.5. The molecule has 0 aliphatic heterocycles. The van der Waals surface area contributed by atoms with Crippen molar-refractivity contribution in [1.82, 2.24) is 20.6 Å². The van der Waals surface area contributed by atoms with Gasteiger partial charge in [0.2, 0.25) is 11.8 Å². The summed E-state index contributed by atoms with van der Waals surface area (Å²) in [7, 11) is 3.21. The Morgan fingerprint density at radius 3 is 1.81 bits per heavy atom. The van der Waals surface area contributed by atoms with Crippen molar-refractivity contribution in [3.8, 4) is 5.75 Å². The van der Waals surface area contributed by atoms with Crippen LogP contribution in [0.5, 0.6) is 5.75 Å². The third kappa shape index (κ3) is 8.66. The molecule has 0 saturated heterocycles. The number of ether oxygens (including phenoxy) is 2. The Kier molecular flexibility index (Phi) is 11.7. The second-order valence-electron chi connectivity index (χ2n) is 8.45. The van der Waals surface area contributed by atoms with E-state index in [1.807, 2.05) is 12.3 Å². The van der Waals surface area contributed by atoms with Crippen LogP contribution in [0.4, 0.5) is 0 Å². The van der Waals surface area contributed by atoms with Gasteiger partial charge in [-0.1, -0.05) is 19.1 Å². The molecule has 200 valence electrons. The molecule has 9 nitrogen and oxygen atoms in total. The molecule has 0 spiro atoms. The maximum Gasteiger partial charge on any atom is 0.224 e. The Hall–Kier alpha value is -3.82. The van der Waals surface area contributed by atoms with Gasteiger partial charge in [-0.2, -0.15) is 0 Å². The summed E-state index contributed by atoms with van der Waals surface area (Å²) >= 11 is 0. The normalized spacial score (nSPS) is 10.5. The van der Waals surface area contributed by atoms with Gasteiger partial charge >= 0.3 is 0 Å². The molecule has 2 amide bonds. The van der Waals surface area contributed by atoms with Crippen LogP contribution in [0, 0.1) is 6.92 Å². The van der Waals surface area contributed by atoms with Crippen LogP contribution in [0.15, 0.2) is 48.8 Å². The molecule has 0 radical (unpaired) electrons. The van der Waals surface area contributed by atoms with Gasteiger partial charge in [0, 0.05) is 61.5 Å². The number of carbonyl (C=O) groups excluding carboxylic acids is 2. The summed E-state index contributed by atoms with van der Waals surface area (Å²) in [6.45, 7) is 4.15. The quantitative estimate of drug-likeness (QED) is 0.208. The van der Waals surface area contributed by atoms with Crippen molar-refractivity contribution < 1.29 is 24.2 Å². The fourth-order valence-electron chi connectivity index (χ4n) is 3.81. The topological polar surface area (TPSA) is 128 Å². The third-order valence-electron chi connectivity index (χ3n) is 5.63. The van der Waals surface area contributed by atoms with Crippen molar-refractivity contribution in [1.29, 1.82) is 0 Å². The lowest BCUT2D eigenvalue weighted by Gasteiger charge is -2.04. The number of aromatic hydroxyl groups is 1. The number of aromatic amines is 2. The molecule has 2 heterocycles. The van der Waals surface area contributed by atoms with Crippen molar-refractivity contribution in [2.24, 2.45) is 0 Å². The first-order valence-electron chi connectivity index (χ1n) is 11.8. The van der Waals surface area contributed by atoms with Gasteiger partial charge < -0.3 is 35.2 Å². The minimum atomic E-state index is -0.0590. The highest BCUT2D eigenvalue weighted by Crippen LogP contribution is 2.23. The van der Waals surface area contributed by atoms with E-state index in [1.54, 1.807) is 38.6 Å². The highest BCUT2D eigenvalue weighted by molar-refractivity contribution is 5.90. The van der Waals surface area contributed by atoms with Crippen molar-refractivity contribution in [2.75, 3.05) is 40.5 Å². The molecular formula is C28H38N4O5. The standard InChI is InChI=1S/C14H18N2O2.C13H16N2O3.CH4/c1-10-3-4-13-12(7-10)11(9-16-13)8-14(17)15-5-6-18-2;1-18-5-4-14-13(17)6-9-8-15-12-3-2-10(16)7-11(9)12;/h3-4,7,9,16H,5-6,8H2,1-2H3,(H,15,17);2-3,7-8,15-16H,4-6H2,1H3,(H,14,17);1H4. The largest absolute Gasteiger partial charge is 0.508 e.